The number of benzene rings is 1. The number of phenols is 1. The van der Waals surface area contributed by atoms with Crippen molar-refractivity contribution in [1.29, 1.82) is 0 Å². The van der Waals surface area contributed by atoms with Crippen LogP contribution in [0.3, 0.4) is 0 Å². The number of carbonyl (C=O) groups excluding carboxylic acids is 1. The number of phenolic OH excluding ortho intramolecular Hbond substituents is 1. The molecule has 0 radical (unpaired) electrons. The van der Waals surface area contributed by atoms with E-state index in [-0.39, 0.29) is 11.4 Å². The molecule has 0 fully saturated rings. The van der Waals surface area contributed by atoms with Crippen LogP contribution >= 0.6 is 0 Å². The van der Waals surface area contributed by atoms with Gasteiger partial charge in [0.15, 0.2) is 5.84 Å². The van der Waals surface area contributed by atoms with Gasteiger partial charge in [-0.2, -0.15) is 0 Å². The maximum absolute atomic E-state index is 12.7. The Morgan fingerprint density at radius 1 is 1.59 bits per heavy atom. The summed E-state index contributed by atoms with van der Waals surface area (Å²) in [5.74, 6) is -1.96. The first kappa shape index (κ1) is 12.8. The molecule has 1 unspecified atom stereocenters. The van der Waals surface area contributed by atoms with Crippen molar-refractivity contribution >= 4 is 11.7 Å². The van der Waals surface area contributed by atoms with Crippen LogP contribution < -0.4 is 11.1 Å². The zero-order chi connectivity index (χ0) is 13.0. The van der Waals surface area contributed by atoms with E-state index < -0.39 is 23.5 Å². The van der Waals surface area contributed by atoms with E-state index in [1.807, 2.05) is 0 Å². The number of carbonyl (C=O) groups is 1. The number of amides is 1. The molecule has 0 aliphatic rings. The van der Waals surface area contributed by atoms with Crippen LogP contribution in [-0.4, -0.2) is 28.1 Å². The summed E-state index contributed by atoms with van der Waals surface area (Å²) >= 11 is 0. The normalized spacial score (nSPS) is 13.2. The molecule has 0 saturated carbocycles. The third-order valence-electron chi connectivity index (χ3n) is 2.11. The molecule has 92 valence electrons. The van der Waals surface area contributed by atoms with Gasteiger partial charge >= 0.3 is 0 Å². The Labute approximate surface area is 96.5 Å². The first-order valence-corrected chi connectivity index (χ1v) is 4.72. The number of hydrogen-bond donors (Lipinski definition) is 4. The monoisotopic (exact) mass is 241 g/mol. The van der Waals surface area contributed by atoms with Gasteiger partial charge in [0.25, 0.3) is 5.91 Å². The molecule has 6 nitrogen and oxygen atoms in total. The first-order valence-electron chi connectivity index (χ1n) is 4.72. The average Bonchev–Trinajstić information content (AvgIpc) is 2.27. The number of halogens is 1. The first-order chi connectivity index (χ1) is 7.95. The molecule has 1 aromatic carbocycles. The molecule has 0 saturated heterocycles. The molecule has 1 atom stereocenters. The molecule has 0 aliphatic carbocycles. The summed E-state index contributed by atoms with van der Waals surface area (Å²) in [6.45, 7) is 1.49. The number of nitrogens with one attached hydrogen (secondary N) is 1. The average molecular weight is 241 g/mol. The molecule has 1 amide bonds. The van der Waals surface area contributed by atoms with Crippen LogP contribution in [0.15, 0.2) is 23.4 Å². The van der Waals surface area contributed by atoms with Gasteiger partial charge in [-0.15, -0.1) is 0 Å². The molecular weight excluding hydrogens is 229 g/mol. The van der Waals surface area contributed by atoms with E-state index in [4.69, 9.17) is 10.9 Å². The van der Waals surface area contributed by atoms with Crippen LogP contribution in [0.2, 0.25) is 0 Å². The molecule has 0 heterocycles. The number of nitrogens with zero attached hydrogens (tertiary/aromatic N) is 1. The van der Waals surface area contributed by atoms with Gasteiger partial charge in [0.1, 0.15) is 11.6 Å². The van der Waals surface area contributed by atoms with Gasteiger partial charge < -0.3 is 21.4 Å². The Morgan fingerprint density at radius 3 is 2.76 bits per heavy atom. The Morgan fingerprint density at radius 2 is 2.24 bits per heavy atom. The quantitative estimate of drug-likeness (QED) is 0.266. The van der Waals surface area contributed by atoms with Crippen LogP contribution in [0.5, 0.6) is 5.75 Å². The van der Waals surface area contributed by atoms with Gasteiger partial charge in [-0.1, -0.05) is 5.16 Å². The van der Waals surface area contributed by atoms with E-state index in [0.717, 1.165) is 18.2 Å². The van der Waals surface area contributed by atoms with Crippen molar-refractivity contribution in [3.05, 3.63) is 29.6 Å². The van der Waals surface area contributed by atoms with Crippen LogP contribution in [0.25, 0.3) is 0 Å². The molecule has 0 aliphatic heterocycles. The lowest BCUT2D eigenvalue weighted by Crippen LogP contribution is -2.42. The largest absolute Gasteiger partial charge is 0.507 e. The standard InChI is InChI=1S/C10H12FN3O3/c1-5(9(12)14-17)13-10(16)7-3-2-6(11)4-8(7)15/h2-5,15,17H,1H3,(H2,12,14)(H,13,16). The smallest absolute Gasteiger partial charge is 0.255 e. The van der Waals surface area contributed by atoms with Crippen molar-refractivity contribution < 1.29 is 19.5 Å². The van der Waals surface area contributed by atoms with Crippen molar-refractivity contribution in [3.63, 3.8) is 0 Å². The lowest BCUT2D eigenvalue weighted by atomic mass is 10.1. The summed E-state index contributed by atoms with van der Waals surface area (Å²) in [4.78, 5) is 11.6. The summed E-state index contributed by atoms with van der Waals surface area (Å²) in [7, 11) is 0. The molecule has 1 rings (SSSR count). The van der Waals surface area contributed by atoms with Gasteiger partial charge in [-0.05, 0) is 19.1 Å². The lowest BCUT2D eigenvalue weighted by Gasteiger charge is -2.12. The number of aromatic hydroxyl groups is 1. The highest BCUT2D eigenvalue weighted by molar-refractivity contribution is 5.99. The van der Waals surface area contributed by atoms with Crippen LogP contribution in [0, 0.1) is 5.82 Å². The second-order valence-corrected chi connectivity index (χ2v) is 3.38. The summed E-state index contributed by atoms with van der Waals surface area (Å²) in [5, 5.41) is 22.8. The fourth-order valence-corrected chi connectivity index (χ4v) is 1.13. The number of rotatable bonds is 3. The highest BCUT2D eigenvalue weighted by Gasteiger charge is 2.16. The van der Waals surface area contributed by atoms with Gasteiger partial charge in [-0.3, -0.25) is 4.79 Å². The Kier molecular flexibility index (Phi) is 3.86. The minimum absolute atomic E-state index is 0.0935. The fourth-order valence-electron chi connectivity index (χ4n) is 1.13. The number of hydrogen-bond acceptors (Lipinski definition) is 4. The van der Waals surface area contributed by atoms with Crippen molar-refractivity contribution in [1.82, 2.24) is 5.32 Å². The second-order valence-electron chi connectivity index (χ2n) is 3.38. The maximum Gasteiger partial charge on any atom is 0.255 e. The zero-order valence-corrected chi connectivity index (χ0v) is 9.01. The van der Waals surface area contributed by atoms with E-state index in [1.165, 1.54) is 6.92 Å². The fraction of sp³-hybridized carbons (Fsp3) is 0.200. The predicted molar refractivity (Wildman–Crippen MR) is 58.4 cm³/mol. The number of amidine groups is 1. The Bertz CT molecular complexity index is 462. The molecule has 5 N–H and O–H groups in total. The molecule has 17 heavy (non-hydrogen) atoms. The van der Waals surface area contributed by atoms with Crippen molar-refractivity contribution in [3.8, 4) is 5.75 Å². The van der Waals surface area contributed by atoms with Gasteiger partial charge in [0.2, 0.25) is 0 Å². The maximum atomic E-state index is 12.7. The van der Waals surface area contributed by atoms with E-state index in [0.29, 0.717) is 0 Å². The molecular formula is C10H12FN3O3. The minimum atomic E-state index is -0.711. The van der Waals surface area contributed by atoms with E-state index in [9.17, 15) is 14.3 Å². The highest BCUT2D eigenvalue weighted by atomic mass is 19.1. The zero-order valence-electron chi connectivity index (χ0n) is 9.01. The van der Waals surface area contributed by atoms with Crippen LogP contribution in [0.4, 0.5) is 4.39 Å². The summed E-state index contributed by atoms with van der Waals surface area (Å²) in [6, 6.07) is 2.29. The molecule has 7 heteroatoms. The van der Waals surface area contributed by atoms with Gasteiger partial charge in [0.05, 0.1) is 11.6 Å². The highest BCUT2D eigenvalue weighted by Crippen LogP contribution is 2.17. The Hall–Kier alpha value is -2.31. The lowest BCUT2D eigenvalue weighted by molar-refractivity contribution is 0.0946. The second kappa shape index (κ2) is 5.15. The van der Waals surface area contributed by atoms with Crippen molar-refractivity contribution in [2.24, 2.45) is 10.9 Å². The molecule has 1 aromatic rings. The Balaban J connectivity index is 2.84. The SMILES string of the molecule is CC(NC(=O)c1ccc(F)cc1O)/C(N)=N/O. The summed E-state index contributed by atoms with van der Waals surface area (Å²) in [6.07, 6.45) is 0. The molecule has 0 aromatic heterocycles. The number of nitrogens with two attached hydrogens (primary N) is 1. The van der Waals surface area contributed by atoms with Crippen LogP contribution in [0.1, 0.15) is 17.3 Å². The van der Waals surface area contributed by atoms with Gasteiger partial charge in [-0.25, -0.2) is 4.39 Å². The summed E-state index contributed by atoms with van der Waals surface area (Å²) in [5.41, 5.74) is 5.17. The third kappa shape index (κ3) is 3.07. The molecule has 0 bridgehead atoms. The van der Waals surface area contributed by atoms with E-state index in [2.05, 4.69) is 10.5 Å². The van der Waals surface area contributed by atoms with Crippen LogP contribution in [-0.2, 0) is 0 Å². The van der Waals surface area contributed by atoms with Crippen molar-refractivity contribution in [2.45, 2.75) is 13.0 Å². The number of oxime groups is 1. The van der Waals surface area contributed by atoms with E-state index >= 15 is 0 Å². The molecule has 0 spiro atoms. The third-order valence-corrected chi connectivity index (χ3v) is 2.11. The predicted octanol–water partition coefficient (Wildman–Crippen LogP) is 0.396. The van der Waals surface area contributed by atoms with Gasteiger partial charge in [0, 0.05) is 6.07 Å². The van der Waals surface area contributed by atoms with E-state index in [1.54, 1.807) is 0 Å². The summed E-state index contributed by atoms with van der Waals surface area (Å²) < 4.78 is 12.7. The minimum Gasteiger partial charge on any atom is -0.507 e. The topological polar surface area (TPSA) is 108 Å². The van der Waals surface area contributed by atoms with Crippen molar-refractivity contribution in [2.75, 3.05) is 0 Å².